The van der Waals surface area contributed by atoms with E-state index >= 15 is 0 Å². The number of amides is 1. The number of primary amides is 1. The molecule has 2 aromatic rings. The van der Waals surface area contributed by atoms with E-state index < -0.39 is 10.8 Å². The van der Waals surface area contributed by atoms with Crippen LogP contribution in [0.1, 0.15) is 44.7 Å². The maximum absolute atomic E-state index is 11.3. The van der Waals surface area contributed by atoms with E-state index in [1.807, 2.05) is 6.92 Å². The molecule has 0 bridgehead atoms. The molecule has 1 aromatic heterocycles. The summed E-state index contributed by atoms with van der Waals surface area (Å²) in [6.45, 7) is 1.93. The highest BCUT2D eigenvalue weighted by molar-refractivity contribution is 7.98. The molecule has 1 aromatic carbocycles. The first-order valence-electron chi connectivity index (χ1n) is 8.04. The van der Waals surface area contributed by atoms with Gasteiger partial charge in [-0.2, -0.15) is 5.26 Å². The van der Waals surface area contributed by atoms with Crippen molar-refractivity contribution in [1.29, 1.82) is 5.26 Å². The second-order valence-corrected chi connectivity index (χ2v) is 7.03. The Morgan fingerprint density at radius 1 is 1.46 bits per heavy atom. The van der Waals surface area contributed by atoms with Gasteiger partial charge in [-0.05, 0) is 43.4 Å². The largest absolute Gasteiger partial charge is 0.366 e. The highest BCUT2D eigenvalue weighted by Crippen LogP contribution is 2.34. The van der Waals surface area contributed by atoms with Gasteiger partial charge in [-0.1, -0.05) is 6.07 Å². The van der Waals surface area contributed by atoms with Gasteiger partial charge in [-0.3, -0.25) is 14.9 Å². The Balaban J connectivity index is 1.93. The number of thioether (sulfide) groups is 1. The van der Waals surface area contributed by atoms with Crippen molar-refractivity contribution in [3.63, 3.8) is 0 Å². The molecule has 7 nitrogen and oxygen atoms in total. The number of aryl methyl sites for hydroxylation is 1. The Kier molecular flexibility index (Phi) is 4.91. The van der Waals surface area contributed by atoms with Crippen molar-refractivity contribution in [3.05, 3.63) is 61.8 Å². The minimum atomic E-state index is -0.713. The standard InChI is InChI=1S/C18H16N4O3S/c1-10-13-3-2-4-15(13)21-18(14(10)8-19)26-9-12-6-5-11(17(20)23)7-16(12)22(24)25/h5-7H,2-4,9H2,1H3,(H2,20,23). The summed E-state index contributed by atoms with van der Waals surface area (Å²) >= 11 is 1.30. The van der Waals surface area contributed by atoms with Gasteiger partial charge in [0.25, 0.3) is 5.69 Å². The van der Waals surface area contributed by atoms with Gasteiger partial charge in [0.1, 0.15) is 11.1 Å². The topological polar surface area (TPSA) is 123 Å². The maximum atomic E-state index is 11.3. The van der Waals surface area contributed by atoms with E-state index in [1.165, 1.54) is 30.0 Å². The van der Waals surface area contributed by atoms with E-state index in [1.54, 1.807) is 0 Å². The average molecular weight is 368 g/mol. The lowest BCUT2D eigenvalue weighted by atomic mass is 10.0. The molecule has 1 aliphatic rings. The van der Waals surface area contributed by atoms with Gasteiger partial charge in [0, 0.05) is 28.6 Å². The zero-order valence-electron chi connectivity index (χ0n) is 14.1. The lowest BCUT2D eigenvalue weighted by Crippen LogP contribution is -2.11. The summed E-state index contributed by atoms with van der Waals surface area (Å²) in [7, 11) is 0. The molecular weight excluding hydrogens is 352 g/mol. The Hall–Kier alpha value is -2.92. The molecule has 1 aliphatic carbocycles. The van der Waals surface area contributed by atoms with Crippen LogP contribution in [0.4, 0.5) is 5.69 Å². The van der Waals surface area contributed by atoms with Gasteiger partial charge in [-0.25, -0.2) is 4.98 Å². The number of nitro groups is 1. The highest BCUT2D eigenvalue weighted by Gasteiger charge is 2.22. The van der Waals surface area contributed by atoms with Gasteiger partial charge < -0.3 is 5.73 Å². The molecule has 0 unspecified atom stereocenters. The fraction of sp³-hybridized carbons (Fsp3) is 0.278. The quantitative estimate of drug-likeness (QED) is 0.491. The zero-order chi connectivity index (χ0) is 18.8. The van der Waals surface area contributed by atoms with Gasteiger partial charge in [0.15, 0.2) is 0 Å². The summed E-state index contributed by atoms with van der Waals surface area (Å²) in [4.78, 5) is 26.6. The van der Waals surface area contributed by atoms with Gasteiger partial charge in [-0.15, -0.1) is 11.8 Å². The Morgan fingerprint density at radius 3 is 2.88 bits per heavy atom. The summed E-state index contributed by atoms with van der Waals surface area (Å²) in [5.41, 5.74) is 9.24. The lowest BCUT2D eigenvalue weighted by molar-refractivity contribution is -0.385. The van der Waals surface area contributed by atoms with E-state index in [0.717, 1.165) is 36.1 Å². The van der Waals surface area contributed by atoms with Crippen LogP contribution < -0.4 is 5.73 Å². The highest BCUT2D eigenvalue weighted by atomic mass is 32.2. The molecule has 0 fully saturated rings. The third-order valence-corrected chi connectivity index (χ3v) is 5.53. The molecule has 0 aliphatic heterocycles. The number of fused-ring (bicyclic) bond motifs is 1. The molecular formula is C18H16N4O3S. The molecule has 132 valence electrons. The second kappa shape index (κ2) is 7.14. The Labute approximate surface area is 154 Å². The molecule has 1 amide bonds. The van der Waals surface area contributed by atoms with Crippen molar-refractivity contribution in [1.82, 2.24) is 4.98 Å². The van der Waals surface area contributed by atoms with Gasteiger partial charge in [0.2, 0.25) is 5.91 Å². The van der Waals surface area contributed by atoms with Crippen LogP contribution in [-0.4, -0.2) is 15.8 Å². The predicted octanol–water partition coefficient (Wildman–Crippen LogP) is 3.05. The van der Waals surface area contributed by atoms with Crippen molar-refractivity contribution in [2.24, 2.45) is 5.73 Å². The Bertz CT molecular complexity index is 966. The monoisotopic (exact) mass is 368 g/mol. The van der Waals surface area contributed by atoms with Crippen LogP contribution in [0.2, 0.25) is 0 Å². The van der Waals surface area contributed by atoms with E-state index in [4.69, 9.17) is 5.73 Å². The molecule has 0 radical (unpaired) electrons. The smallest absolute Gasteiger partial charge is 0.274 e. The minimum Gasteiger partial charge on any atom is -0.366 e. The first kappa shape index (κ1) is 17.9. The fourth-order valence-corrected chi connectivity index (χ4v) is 4.19. The summed E-state index contributed by atoms with van der Waals surface area (Å²) < 4.78 is 0. The van der Waals surface area contributed by atoms with Gasteiger partial charge in [0.05, 0.1) is 10.5 Å². The number of carbonyl (C=O) groups excluding carboxylic acids is 1. The number of nitrogens with zero attached hydrogens (tertiary/aromatic N) is 3. The summed E-state index contributed by atoms with van der Waals surface area (Å²) in [6.07, 6.45) is 2.86. The molecule has 0 saturated carbocycles. The van der Waals surface area contributed by atoms with Gasteiger partial charge >= 0.3 is 0 Å². The molecule has 26 heavy (non-hydrogen) atoms. The lowest BCUT2D eigenvalue weighted by Gasteiger charge is -2.11. The van der Waals surface area contributed by atoms with Crippen molar-refractivity contribution in [2.45, 2.75) is 37.0 Å². The number of carbonyl (C=O) groups is 1. The predicted molar refractivity (Wildman–Crippen MR) is 96.9 cm³/mol. The zero-order valence-corrected chi connectivity index (χ0v) is 14.9. The average Bonchev–Trinajstić information content (AvgIpc) is 3.08. The fourth-order valence-electron chi connectivity index (χ4n) is 3.14. The molecule has 3 rings (SSSR count). The third-order valence-electron chi connectivity index (χ3n) is 4.51. The first-order chi connectivity index (χ1) is 12.4. The van der Waals surface area contributed by atoms with Crippen molar-refractivity contribution in [2.75, 3.05) is 0 Å². The minimum absolute atomic E-state index is 0.0923. The van der Waals surface area contributed by atoms with Crippen LogP contribution in [-0.2, 0) is 18.6 Å². The number of hydrogen-bond donors (Lipinski definition) is 1. The number of nitrogens with two attached hydrogens (primary N) is 1. The molecule has 0 spiro atoms. The maximum Gasteiger partial charge on any atom is 0.274 e. The summed E-state index contributed by atoms with van der Waals surface area (Å²) in [6, 6.07) is 6.39. The van der Waals surface area contributed by atoms with E-state index in [-0.39, 0.29) is 17.0 Å². The number of nitro benzene ring substituents is 1. The van der Waals surface area contributed by atoms with Crippen molar-refractivity contribution >= 4 is 23.4 Å². The number of rotatable bonds is 5. The number of pyridine rings is 1. The van der Waals surface area contributed by atoms with Crippen LogP contribution in [0, 0.1) is 28.4 Å². The Morgan fingerprint density at radius 2 is 2.23 bits per heavy atom. The van der Waals surface area contributed by atoms with E-state index in [2.05, 4.69) is 11.1 Å². The number of nitriles is 1. The summed E-state index contributed by atoms with van der Waals surface area (Å²) in [5.74, 6) is -0.440. The van der Waals surface area contributed by atoms with Crippen LogP contribution in [0.25, 0.3) is 0 Å². The number of aromatic nitrogens is 1. The first-order valence-corrected chi connectivity index (χ1v) is 9.03. The van der Waals surface area contributed by atoms with Crippen LogP contribution >= 0.6 is 11.8 Å². The van der Waals surface area contributed by atoms with Crippen LogP contribution in [0.5, 0.6) is 0 Å². The van der Waals surface area contributed by atoms with Crippen molar-refractivity contribution in [3.8, 4) is 6.07 Å². The summed E-state index contributed by atoms with van der Waals surface area (Å²) in [5, 5.41) is 21.4. The molecule has 0 saturated heterocycles. The van der Waals surface area contributed by atoms with Crippen LogP contribution in [0.3, 0.4) is 0 Å². The SMILES string of the molecule is Cc1c(C#N)c(SCc2ccc(C(N)=O)cc2[N+](=O)[O-])nc2c1CCC2. The molecule has 0 atom stereocenters. The third kappa shape index (κ3) is 3.26. The number of benzene rings is 1. The molecule has 8 heteroatoms. The van der Waals surface area contributed by atoms with E-state index in [0.29, 0.717) is 16.2 Å². The van der Waals surface area contributed by atoms with Crippen molar-refractivity contribution < 1.29 is 9.72 Å². The van der Waals surface area contributed by atoms with E-state index in [9.17, 15) is 20.2 Å². The normalized spacial score (nSPS) is 12.5. The second-order valence-electron chi connectivity index (χ2n) is 6.06. The van der Waals surface area contributed by atoms with Crippen LogP contribution in [0.15, 0.2) is 23.2 Å². The molecule has 1 heterocycles. The number of hydrogen-bond acceptors (Lipinski definition) is 6. The molecule has 2 N–H and O–H groups in total.